The van der Waals surface area contributed by atoms with Gasteiger partial charge in [0.25, 0.3) is 0 Å². The molecule has 0 saturated heterocycles. The summed E-state index contributed by atoms with van der Waals surface area (Å²) in [5.74, 6) is -0.580. The Kier molecular flexibility index (Phi) is 3.83. The number of benzene rings is 1. The van der Waals surface area contributed by atoms with Crippen molar-refractivity contribution in [2.75, 3.05) is 13.3 Å². The monoisotopic (exact) mass is 202 g/mol. The van der Waals surface area contributed by atoms with Gasteiger partial charge in [0.05, 0.1) is 6.10 Å². The van der Waals surface area contributed by atoms with Crippen LogP contribution >= 0.6 is 0 Å². The van der Waals surface area contributed by atoms with Gasteiger partial charge in [0, 0.05) is 0 Å². The summed E-state index contributed by atoms with van der Waals surface area (Å²) in [6.45, 7) is 0.722. The Hall–Kier alpha value is -1.16. The van der Waals surface area contributed by atoms with Crippen molar-refractivity contribution in [3.05, 3.63) is 29.6 Å². The predicted octanol–water partition coefficient (Wildman–Crippen LogP) is 2.23. The first-order chi connectivity index (χ1) is 6.65. The second kappa shape index (κ2) is 4.91. The molecule has 0 saturated carbocycles. The van der Waals surface area contributed by atoms with Crippen LogP contribution in [0.4, 0.5) is 8.78 Å². The highest BCUT2D eigenvalue weighted by Crippen LogP contribution is 2.21. The summed E-state index contributed by atoms with van der Waals surface area (Å²) < 4.78 is 29.7. The Morgan fingerprint density at radius 2 is 2.21 bits per heavy atom. The third-order valence-electron chi connectivity index (χ3n) is 1.77. The fourth-order valence-electron chi connectivity index (χ4n) is 1.04. The summed E-state index contributed by atoms with van der Waals surface area (Å²) in [6, 6.07) is 4.10. The number of hydrogen-bond donors (Lipinski definition) is 1. The zero-order valence-electron chi connectivity index (χ0n) is 7.84. The highest BCUT2D eigenvalue weighted by Gasteiger charge is 2.07. The van der Waals surface area contributed by atoms with Gasteiger partial charge in [-0.2, -0.15) is 0 Å². The second-order valence-electron chi connectivity index (χ2n) is 2.90. The topological polar surface area (TPSA) is 29.5 Å². The molecule has 0 aliphatic rings. The molecular weight excluding hydrogens is 190 g/mol. The quantitative estimate of drug-likeness (QED) is 0.811. The number of aliphatic hydroxyl groups is 1. The normalized spacial score (nSPS) is 12.6. The average Bonchev–Trinajstić information content (AvgIpc) is 2.15. The molecule has 2 nitrogen and oxygen atoms in total. The van der Waals surface area contributed by atoms with Crippen LogP contribution in [0.2, 0.25) is 0 Å². The van der Waals surface area contributed by atoms with Crippen LogP contribution in [-0.4, -0.2) is 18.4 Å². The first kappa shape index (κ1) is 10.9. The first-order valence-electron chi connectivity index (χ1n) is 4.31. The SMILES string of the molecule is C[C@H](O)c1ccc(OCCF)c(F)c1. The van der Waals surface area contributed by atoms with E-state index in [1.165, 1.54) is 19.1 Å². The third kappa shape index (κ3) is 2.67. The molecule has 1 rings (SSSR count). The van der Waals surface area contributed by atoms with Crippen LogP contribution in [0.3, 0.4) is 0 Å². The van der Waals surface area contributed by atoms with Gasteiger partial charge in [-0.15, -0.1) is 0 Å². The molecule has 0 aliphatic heterocycles. The molecule has 0 aromatic heterocycles. The molecular formula is C10H12F2O2. The van der Waals surface area contributed by atoms with Crippen LogP contribution in [0.25, 0.3) is 0 Å². The number of halogens is 2. The van der Waals surface area contributed by atoms with Crippen LogP contribution in [0.1, 0.15) is 18.6 Å². The third-order valence-corrected chi connectivity index (χ3v) is 1.77. The van der Waals surface area contributed by atoms with E-state index >= 15 is 0 Å². The van der Waals surface area contributed by atoms with E-state index in [2.05, 4.69) is 0 Å². The summed E-state index contributed by atoms with van der Waals surface area (Å²) in [5.41, 5.74) is 0.468. The van der Waals surface area contributed by atoms with E-state index in [-0.39, 0.29) is 12.4 Å². The van der Waals surface area contributed by atoms with E-state index in [1.54, 1.807) is 6.07 Å². The Bertz CT molecular complexity index is 300. The van der Waals surface area contributed by atoms with Crippen molar-refractivity contribution in [2.45, 2.75) is 13.0 Å². The molecule has 0 amide bonds. The van der Waals surface area contributed by atoms with Gasteiger partial charge in [-0.1, -0.05) is 6.07 Å². The molecule has 4 heteroatoms. The number of hydrogen-bond acceptors (Lipinski definition) is 2. The first-order valence-corrected chi connectivity index (χ1v) is 4.31. The average molecular weight is 202 g/mol. The smallest absolute Gasteiger partial charge is 0.165 e. The van der Waals surface area contributed by atoms with Crippen molar-refractivity contribution in [1.82, 2.24) is 0 Å². The molecule has 0 bridgehead atoms. The zero-order chi connectivity index (χ0) is 10.6. The summed E-state index contributed by atoms with van der Waals surface area (Å²) in [5, 5.41) is 9.15. The van der Waals surface area contributed by atoms with Gasteiger partial charge in [0.2, 0.25) is 0 Å². The van der Waals surface area contributed by atoms with Gasteiger partial charge in [0.1, 0.15) is 13.3 Å². The van der Waals surface area contributed by atoms with Gasteiger partial charge in [-0.3, -0.25) is 0 Å². The molecule has 0 spiro atoms. The van der Waals surface area contributed by atoms with Gasteiger partial charge in [0.15, 0.2) is 11.6 Å². The van der Waals surface area contributed by atoms with Gasteiger partial charge in [-0.25, -0.2) is 8.78 Å². The Balaban J connectivity index is 2.79. The zero-order valence-corrected chi connectivity index (χ0v) is 7.84. The highest BCUT2D eigenvalue weighted by molar-refractivity contribution is 5.30. The van der Waals surface area contributed by atoms with Crippen LogP contribution in [0.5, 0.6) is 5.75 Å². The van der Waals surface area contributed by atoms with Crippen molar-refractivity contribution >= 4 is 0 Å². The largest absolute Gasteiger partial charge is 0.488 e. The maximum Gasteiger partial charge on any atom is 0.165 e. The molecule has 78 valence electrons. The van der Waals surface area contributed by atoms with E-state index in [0.717, 1.165) is 0 Å². The molecule has 0 fully saturated rings. The van der Waals surface area contributed by atoms with Crippen LogP contribution in [-0.2, 0) is 0 Å². The molecule has 1 N–H and O–H groups in total. The summed E-state index contributed by atoms with van der Waals surface area (Å²) >= 11 is 0. The summed E-state index contributed by atoms with van der Waals surface area (Å²) in [6.07, 6.45) is -0.722. The Labute approximate surface area is 81.1 Å². The molecule has 0 aliphatic carbocycles. The standard InChI is InChI=1S/C10H12F2O2/c1-7(13)8-2-3-10(9(12)6-8)14-5-4-11/h2-3,6-7,13H,4-5H2,1H3/t7-/m0/s1. The number of alkyl halides is 1. The minimum atomic E-state index is -0.722. The highest BCUT2D eigenvalue weighted by atomic mass is 19.1. The van der Waals surface area contributed by atoms with Crippen LogP contribution in [0, 0.1) is 5.82 Å². The van der Waals surface area contributed by atoms with Gasteiger partial charge in [-0.05, 0) is 24.6 Å². The maximum atomic E-state index is 13.2. The van der Waals surface area contributed by atoms with E-state index in [0.29, 0.717) is 5.56 Å². The van der Waals surface area contributed by atoms with E-state index in [9.17, 15) is 8.78 Å². The number of rotatable bonds is 4. The summed E-state index contributed by atoms with van der Waals surface area (Å²) in [7, 11) is 0. The fourth-order valence-corrected chi connectivity index (χ4v) is 1.04. The number of ether oxygens (including phenoxy) is 1. The second-order valence-corrected chi connectivity index (χ2v) is 2.90. The lowest BCUT2D eigenvalue weighted by Crippen LogP contribution is -2.01. The molecule has 1 aromatic rings. The minimum Gasteiger partial charge on any atom is -0.488 e. The Morgan fingerprint density at radius 3 is 2.71 bits per heavy atom. The summed E-state index contributed by atoms with van der Waals surface area (Å²) in [4.78, 5) is 0. The fraction of sp³-hybridized carbons (Fsp3) is 0.400. The van der Waals surface area contributed by atoms with Crippen molar-refractivity contribution < 1.29 is 18.6 Å². The van der Waals surface area contributed by atoms with Crippen LogP contribution in [0.15, 0.2) is 18.2 Å². The molecule has 14 heavy (non-hydrogen) atoms. The Morgan fingerprint density at radius 1 is 1.50 bits per heavy atom. The molecule has 0 heterocycles. The minimum absolute atomic E-state index is 0.00653. The lowest BCUT2D eigenvalue weighted by atomic mass is 10.1. The molecule has 1 aromatic carbocycles. The molecule has 0 unspecified atom stereocenters. The molecule has 0 radical (unpaired) electrons. The predicted molar refractivity (Wildman–Crippen MR) is 48.5 cm³/mol. The maximum absolute atomic E-state index is 13.2. The van der Waals surface area contributed by atoms with Crippen molar-refractivity contribution in [3.8, 4) is 5.75 Å². The van der Waals surface area contributed by atoms with E-state index in [4.69, 9.17) is 9.84 Å². The van der Waals surface area contributed by atoms with Crippen molar-refractivity contribution in [3.63, 3.8) is 0 Å². The van der Waals surface area contributed by atoms with E-state index in [1.807, 2.05) is 0 Å². The van der Waals surface area contributed by atoms with Crippen molar-refractivity contribution in [1.29, 1.82) is 0 Å². The number of aliphatic hydroxyl groups excluding tert-OH is 1. The van der Waals surface area contributed by atoms with Crippen molar-refractivity contribution in [2.24, 2.45) is 0 Å². The lowest BCUT2D eigenvalue weighted by Gasteiger charge is -2.08. The molecule has 1 atom stereocenters. The van der Waals surface area contributed by atoms with E-state index < -0.39 is 18.6 Å². The van der Waals surface area contributed by atoms with Gasteiger partial charge < -0.3 is 9.84 Å². The lowest BCUT2D eigenvalue weighted by molar-refractivity contribution is 0.198. The van der Waals surface area contributed by atoms with Crippen LogP contribution < -0.4 is 4.74 Å². The van der Waals surface area contributed by atoms with Gasteiger partial charge >= 0.3 is 0 Å².